The molecule has 2 aromatic rings. The van der Waals surface area contributed by atoms with Crippen LogP contribution in [0.5, 0.6) is 0 Å². The molecule has 0 aliphatic carbocycles. The second-order valence-electron chi connectivity index (χ2n) is 4.51. The number of rotatable bonds is 3. The minimum atomic E-state index is -4.53. The molecule has 8 heteroatoms. The lowest BCUT2D eigenvalue weighted by atomic mass is 10.2. The van der Waals surface area contributed by atoms with Crippen molar-refractivity contribution >= 4 is 11.7 Å². The summed E-state index contributed by atoms with van der Waals surface area (Å²) < 4.78 is 38.4. The molecule has 112 valence electrons. The van der Waals surface area contributed by atoms with Gasteiger partial charge in [0.15, 0.2) is 5.69 Å². The van der Waals surface area contributed by atoms with Crippen molar-refractivity contribution < 1.29 is 18.0 Å². The van der Waals surface area contributed by atoms with Crippen molar-refractivity contribution in [1.29, 1.82) is 0 Å². The summed E-state index contributed by atoms with van der Waals surface area (Å²) in [5.41, 5.74) is -0.273. The van der Waals surface area contributed by atoms with Gasteiger partial charge in [0.05, 0.1) is 0 Å². The van der Waals surface area contributed by atoms with Gasteiger partial charge in [-0.1, -0.05) is 6.07 Å². The molecular formula is C13H13F3N4O. The van der Waals surface area contributed by atoms with E-state index in [0.717, 1.165) is 22.5 Å². The summed E-state index contributed by atoms with van der Waals surface area (Å²) in [6.07, 6.45) is -1.89. The second kappa shape index (κ2) is 5.55. The zero-order valence-corrected chi connectivity index (χ0v) is 11.3. The molecule has 0 saturated carbocycles. The molecule has 0 spiro atoms. The van der Waals surface area contributed by atoms with Crippen LogP contribution in [0.3, 0.4) is 0 Å². The predicted molar refractivity (Wildman–Crippen MR) is 69.5 cm³/mol. The van der Waals surface area contributed by atoms with Gasteiger partial charge >= 0.3 is 6.18 Å². The van der Waals surface area contributed by atoms with Crippen LogP contribution in [-0.2, 0) is 11.0 Å². The number of nitrogens with zero attached hydrogens (tertiary/aromatic N) is 3. The molecule has 0 saturated heterocycles. The fourth-order valence-electron chi connectivity index (χ4n) is 1.66. The zero-order valence-electron chi connectivity index (χ0n) is 11.3. The highest BCUT2D eigenvalue weighted by Gasteiger charge is 2.34. The third-order valence-corrected chi connectivity index (χ3v) is 2.93. The molecule has 5 nitrogen and oxygen atoms in total. The number of hydrogen-bond donors (Lipinski definition) is 1. The van der Waals surface area contributed by atoms with Gasteiger partial charge in [0.1, 0.15) is 11.9 Å². The van der Waals surface area contributed by atoms with E-state index >= 15 is 0 Å². The molecule has 0 aliphatic heterocycles. The number of aromatic nitrogens is 3. The summed E-state index contributed by atoms with van der Waals surface area (Å²) in [4.78, 5) is 16.0. The van der Waals surface area contributed by atoms with Crippen LogP contribution in [-0.4, -0.2) is 20.7 Å². The van der Waals surface area contributed by atoms with E-state index in [-0.39, 0.29) is 0 Å². The number of pyridine rings is 1. The van der Waals surface area contributed by atoms with Gasteiger partial charge in [-0.25, -0.2) is 4.98 Å². The standard InChI is InChI=1S/C13H13F3N4O/c1-8-4-3-6-17-11(8)18-12(21)9(2)20-7-5-10(19-20)13(14,15)16/h3-7,9H,1-2H3,(H,17,18,21). The number of carbonyl (C=O) groups is 1. The normalized spacial score (nSPS) is 13.0. The molecule has 0 radical (unpaired) electrons. The molecule has 0 aromatic carbocycles. The van der Waals surface area contributed by atoms with Crippen molar-refractivity contribution in [3.63, 3.8) is 0 Å². The molecule has 1 unspecified atom stereocenters. The topological polar surface area (TPSA) is 59.8 Å². The fourth-order valence-corrected chi connectivity index (χ4v) is 1.66. The number of alkyl halides is 3. The second-order valence-corrected chi connectivity index (χ2v) is 4.51. The summed E-state index contributed by atoms with van der Waals surface area (Å²) in [6.45, 7) is 3.23. The highest BCUT2D eigenvalue weighted by Crippen LogP contribution is 2.28. The van der Waals surface area contributed by atoms with E-state index in [9.17, 15) is 18.0 Å². The molecule has 0 fully saturated rings. The lowest BCUT2D eigenvalue weighted by Gasteiger charge is -2.13. The number of halogens is 3. The van der Waals surface area contributed by atoms with Crippen LogP contribution in [0, 0.1) is 6.92 Å². The van der Waals surface area contributed by atoms with Gasteiger partial charge in [-0.3, -0.25) is 9.48 Å². The Morgan fingerprint density at radius 2 is 2.10 bits per heavy atom. The number of aryl methyl sites for hydroxylation is 1. The van der Waals surface area contributed by atoms with Crippen molar-refractivity contribution in [1.82, 2.24) is 14.8 Å². The van der Waals surface area contributed by atoms with Gasteiger partial charge in [-0.15, -0.1) is 0 Å². The Morgan fingerprint density at radius 3 is 2.67 bits per heavy atom. The third-order valence-electron chi connectivity index (χ3n) is 2.93. The summed E-state index contributed by atoms with van der Waals surface area (Å²) in [6, 6.07) is 3.43. The van der Waals surface area contributed by atoms with Gasteiger partial charge in [-0.2, -0.15) is 18.3 Å². The molecule has 2 heterocycles. The maximum Gasteiger partial charge on any atom is 0.435 e. The van der Waals surface area contributed by atoms with Gasteiger partial charge < -0.3 is 5.32 Å². The average Bonchev–Trinajstić information content (AvgIpc) is 2.90. The number of hydrogen-bond acceptors (Lipinski definition) is 3. The quantitative estimate of drug-likeness (QED) is 0.948. The summed E-state index contributed by atoms with van der Waals surface area (Å²) in [5, 5.41) is 5.94. The number of carbonyl (C=O) groups excluding carboxylic acids is 1. The minimum Gasteiger partial charge on any atom is -0.309 e. The maximum atomic E-state index is 12.5. The van der Waals surface area contributed by atoms with Crippen molar-refractivity contribution in [2.24, 2.45) is 0 Å². The Labute approximate surface area is 118 Å². The molecular weight excluding hydrogens is 285 g/mol. The van der Waals surface area contributed by atoms with E-state index in [0.29, 0.717) is 5.82 Å². The predicted octanol–water partition coefficient (Wildman–Crippen LogP) is 2.81. The number of anilines is 1. The highest BCUT2D eigenvalue weighted by atomic mass is 19.4. The average molecular weight is 298 g/mol. The van der Waals surface area contributed by atoms with Gasteiger partial charge in [0, 0.05) is 12.4 Å². The van der Waals surface area contributed by atoms with Gasteiger partial charge in [-0.05, 0) is 31.5 Å². The molecule has 0 bridgehead atoms. The van der Waals surface area contributed by atoms with Crippen LogP contribution in [0.15, 0.2) is 30.6 Å². The fraction of sp³-hybridized carbons (Fsp3) is 0.308. The minimum absolute atomic E-state index is 0.373. The van der Waals surface area contributed by atoms with Crippen molar-refractivity contribution in [2.45, 2.75) is 26.1 Å². The molecule has 1 amide bonds. The Bertz CT molecular complexity index is 651. The molecule has 0 aliphatic rings. The van der Waals surface area contributed by atoms with Crippen LogP contribution < -0.4 is 5.32 Å². The summed E-state index contributed by atoms with van der Waals surface area (Å²) >= 11 is 0. The van der Waals surface area contributed by atoms with Crippen LogP contribution >= 0.6 is 0 Å². The van der Waals surface area contributed by atoms with Crippen LogP contribution in [0.1, 0.15) is 24.2 Å². The SMILES string of the molecule is Cc1cccnc1NC(=O)C(C)n1ccc(C(F)(F)F)n1. The first-order valence-corrected chi connectivity index (χ1v) is 6.14. The van der Waals surface area contributed by atoms with Crippen LogP contribution in [0.4, 0.5) is 19.0 Å². The largest absolute Gasteiger partial charge is 0.435 e. The Balaban J connectivity index is 2.13. The van der Waals surface area contributed by atoms with Gasteiger partial charge in [0.25, 0.3) is 0 Å². The number of nitrogens with one attached hydrogen (secondary N) is 1. The van der Waals surface area contributed by atoms with Crippen LogP contribution in [0.2, 0.25) is 0 Å². The van der Waals surface area contributed by atoms with E-state index in [1.165, 1.54) is 13.1 Å². The summed E-state index contributed by atoms with van der Waals surface area (Å²) in [7, 11) is 0. The third kappa shape index (κ3) is 3.39. The Kier molecular flexibility index (Phi) is 3.97. The first kappa shape index (κ1) is 15.0. The summed E-state index contributed by atoms with van der Waals surface area (Å²) in [5.74, 6) is -0.119. The Morgan fingerprint density at radius 1 is 1.38 bits per heavy atom. The molecule has 21 heavy (non-hydrogen) atoms. The van der Waals surface area contributed by atoms with Crippen molar-refractivity contribution in [2.75, 3.05) is 5.32 Å². The first-order valence-electron chi connectivity index (χ1n) is 6.14. The zero-order chi connectivity index (χ0) is 15.6. The molecule has 1 N–H and O–H groups in total. The first-order chi connectivity index (χ1) is 9.79. The van der Waals surface area contributed by atoms with Crippen LogP contribution in [0.25, 0.3) is 0 Å². The van der Waals surface area contributed by atoms with E-state index in [1.54, 1.807) is 19.1 Å². The molecule has 1 atom stereocenters. The van der Waals surface area contributed by atoms with E-state index in [4.69, 9.17) is 0 Å². The maximum absolute atomic E-state index is 12.5. The van der Waals surface area contributed by atoms with Crippen molar-refractivity contribution in [3.8, 4) is 0 Å². The highest BCUT2D eigenvalue weighted by molar-refractivity contribution is 5.93. The number of amides is 1. The lowest BCUT2D eigenvalue weighted by molar-refractivity contribution is -0.141. The monoisotopic (exact) mass is 298 g/mol. The smallest absolute Gasteiger partial charge is 0.309 e. The lowest BCUT2D eigenvalue weighted by Crippen LogP contribution is -2.25. The van der Waals surface area contributed by atoms with Gasteiger partial charge in [0.2, 0.25) is 5.91 Å². The van der Waals surface area contributed by atoms with Crippen molar-refractivity contribution in [3.05, 3.63) is 41.9 Å². The van der Waals surface area contributed by atoms with E-state index in [2.05, 4.69) is 15.4 Å². The Hall–Kier alpha value is -2.38. The molecule has 2 rings (SSSR count). The van der Waals surface area contributed by atoms with E-state index < -0.39 is 23.8 Å². The molecule has 2 aromatic heterocycles. The van der Waals surface area contributed by atoms with E-state index in [1.807, 2.05) is 0 Å².